The van der Waals surface area contributed by atoms with Gasteiger partial charge in [-0.2, -0.15) is 0 Å². The van der Waals surface area contributed by atoms with Crippen molar-refractivity contribution in [2.45, 2.75) is 19.9 Å². The molecule has 3 N–H and O–H groups in total. The molecule has 0 heterocycles. The number of esters is 1. The molecule has 1 aromatic rings. The number of carbonyl (C=O) groups excluding carboxylic acids is 2. The molecule has 0 saturated heterocycles. The van der Waals surface area contributed by atoms with Crippen molar-refractivity contribution < 1.29 is 14.3 Å². The van der Waals surface area contributed by atoms with Crippen LogP contribution in [0.1, 0.15) is 18.9 Å². The molecular formula is C12H16N2O3. The van der Waals surface area contributed by atoms with Crippen molar-refractivity contribution >= 4 is 17.6 Å². The number of anilines is 1. The molecule has 5 nitrogen and oxygen atoms in total. The molecule has 0 aliphatic heterocycles. The summed E-state index contributed by atoms with van der Waals surface area (Å²) in [6.07, 6.45) is -0.263. The van der Waals surface area contributed by atoms with Gasteiger partial charge in [0.25, 0.3) is 0 Å². The highest BCUT2D eigenvalue weighted by atomic mass is 16.5. The number of nitrogens with one attached hydrogen (secondary N) is 1. The quantitative estimate of drug-likeness (QED) is 0.451. The van der Waals surface area contributed by atoms with Crippen LogP contribution in [-0.4, -0.2) is 18.5 Å². The van der Waals surface area contributed by atoms with Crippen molar-refractivity contribution in [1.82, 2.24) is 5.32 Å². The number of benzene rings is 1. The van der Waals surface area contributed by atoms with Crippen LogP contribution in [0.15, 0.2) is 24.3 Å². The Kier molecular flexibility index (Phi) is 5.00. The van der Waals surface area contributed by atoms with Gasteiger partial charge in [0.2, 0.25) is 5.91 Å². The van der Waals surface area contributed by atoms with Gasteiger partial charge in [-0.05, 0) is 18.6 Å². The number of nitrogen functional groups attached to an aromatic ring is 1. The smallest absolute Gasteiger partial charge is 0.315 e. The summed E-state index contributed by atoms with van der Waals surface area (Å²) in [5.41, 5.74) is 7.15. The summed E-state index contributed by atoms with van der Waals surface area (Å²) in [6.45, 7) is 2.28. The summed E-state index contributed by atoms with van der Waals surface area (Å²) in [5, 5.41) is 2.61. The van der Waals surface area contributed by atoms with E-state index in [1.54, 1.807) is 13.0 Å². The summed E-state index contributed by atoms with van der Waals surface area (Å²) < 4.78 is 4.66. The van der Waals surface area contributed by atoms with Crippen LogP contribution in [0.5, 0.6) is 0 Å². The van der Waals surface area contributed by atoms with E-state index >= 15 is 0 Å². The Morgan fingerprint density at radius 1 is 1.35 bits per heavy atom. The van der Waals surface area contributed by atoms with E-state index in [1.165, 1.54) is 0 Å². The SMILES string of the molecule is CCOC(=O)CC(=O)NCc1ccccc1N. The van der Waals surface area contributed by atoms with Gasteiger partial charge in [0, 0.05) is 12.2 Å². The molecular weight excluding hydrogens is 220 g/mol. The molecule has 1 rings (SSSR count). The van der Waals surface area contributed by atoms with Gasteiger partial charge in [-0.25, -0.2) is 0 Å². The van der Waals surface area contributed by atoms with Crippen LogP contribution in [0.3, 0.4) is 0 Å². The molecule has 0 atom stereocenters. The van der Waals surface area contributed by atoms with Crippen molar-refractivity contribution in [2.75, 3.05) is 12.3 Å². The lowest BCUT2D eigenvalue weighted by atomic mass is 10.2. The zero-order chi connectivity index (χ0) is 12.7. The maximum Gasteiger partial charge on any atom is 0.315 e. The number of rotatable bonds is 5. The Hall–Kier alpha value is -2.04. The topological polar surface area (TPSA) is 81.4 Å². The van der Waals surface area contributed by atoms with Gasteiger partial charge in [0.1, 0.15) is 6.42 Å². The predicted octanol–water partition coefficient (Wildman–Crippen LogP) is 0.838. The fourth-order valence-electron chi connectivity index (χ4n) is 1.29. The van der Waals surface area contributed by atoms with E-state index in [4.69, 9.17) is 5.73 Å². The minimum absolute atomic E-state index is 0.263. The highest BCUT2D eigenvalue weighted by molar-refractivity contribution is 5.94. The molecule has 0 bridgehead atoms. The number of carbonyl (C=O) groups is 2. The summed E-state index contributed by atoms with van der Waals surface area (Å²) in [7, 11) is 0. The van der Waals surface area contributed by atoms with Crippen LogP contribution in [0.25, 0.3) is 0 Å². The van der Waals surface area contributed by atoms with E-state index in [-0.39, 0.29) is 18.9 Å². The van der Waals surface area contributed by atoms with E-state index in [0.29, 0.717) is 12.2 Å². The average Bonchev–Trinajstić information content (AvgIpc) is 2.28. The monoisotopic (exact) mass is 236 g/mol. The Morgan fingerprint density at radius 2 is 2.06 bits per heavy atom. The molecule has 0 fully saturated rings. The maximum absolute atomic E-state index is 11.4. The fourth-order valence-corrected chi connectivity index (χ4v) is 1.29. The highest BCUT2D eigenvalue weighted by Crippen LogP contribution is 2.09. The molecule has 0 aliphatic rings. The summed E-state index contributed by atoms with van der Waals surface area (Å²) in [6, 6.07) is 7.23. The predicted molar refractivity (Wildman–Crippen MR) is 64.0 cm³/mol. The lowest BCUT2D eigenvalue weighted by molar-refractivity contribution is -0.145. The highest BCUT2D eigenvalue weighted by Gasteiger charge is 2.09. The molecule has 0 aliphatic carbocycles. The average molecular weight is 236 g/mol. The van der Waals surface area contributed by atoms with Crippen LogP contribution in [0.2, 0.25) is 0 Å². The van der Waals surface area contributed by atoms with E-state index in [9.17, 15) is 9.59 Å². The van der Waals surface area contributed by atoms with Gasteiger partial charge in [-0.1, -0.05) is 18.2 Å². The summed E-state index contributed by atoms with van der Waals surface area (Å²) >= 11 is 0. The normalized spacial score (nSPS) is 9.71. The van der Waals surface area contributed by atoms with Crippen LogP contribution in [0.4, 0.5) is 5.69 Å². The van der Waals surface area contributed by atoms with Gasteiger partial charge in [0.05, 0.1) is 6.61 Å². The van der Waals surface area contributed by atoms with Crippen molar-refractivity contribution in [3.63, 3.8) is 0 Å². The Morgan fingerprint density at radius 3 is 2.71 bits per heavy atom. The first-order chi connectivity index (χ1) is 8.13. The molecule has 0 spiro atoms. The van der Waals surface area contributed by atoms with E-state index in [1.807, 2.05) is 18.2 Å². The number of hydrogen-bond donors (Lipinski definition) is 2. The first kappa shape index (κ1) is 13.0. The second kappa shape index (κ2) is 6.52. The maximum atomic E-state index is 11.4. The third-order valence-electron chi connectivity index (χ3n) is 2.14. The van der Waals surface area contributed by atoms with Crippen LogP contribution in [-0.2, 0) is 20.9 Å². The molecule has 0 aromatic heterocycles. The number of para-hydroxylation sites is 1. The molecule has 0 unspecified atom stereocenters. The van der Waals surface area contributed by atoms with Gasteiger partial charge < -0.3 is 15.8 Å². The minimum Gasteiger partial charge on any atom is -0.466 e. The molecule has 17 heavy (non-hydrogen) atoms. The molecule has 5 heteroatoms. The number of amides is 1. The van der Waals surface area contributed by atoms with Crippen LogP contribution in [0, 0.1) is 0 Å². The standard InChI is InChI=1S/C12H16N2O3/c1-2-17-12(16)7-11(15)14-8-9-5-3-4-6-10(9)13/h3-6H,2,7-8,13H2,1H3,(H,14,15). The number of ether oxygens (including phenoxy) is 1. The molecule has 92 valence electrons. The Bertz CT molecular complexity index is 404. The van der Waals surface area contributed by atoms with Gasteiger partial charge >= 0.3 is 5.97 Å². The molecule has 0 saturated carbocycles. The lowest BCUT2D eigenvalue weighted by Gasteiger charge is -2.07. The van der Waals surface area contributed by atoms with Gasteiger partial charge in [0.15, 0.2) is 0 Å². The van der Waals surface area contributed by atoms with Crippen molar-refractivity contribution in [2.24, 2.45) is 0 Å². The summed E-state index contributed by atoms with van der Waals surface area (Å²) in [4.78, 5) is 22.4. The summed E-state index contributed by atoms with van der Waals surface area (Å²) in [5.74, 6) is -0.891. The second-order valence-electron chi connectivity index (χ2n) is 3.46. The first-order valence-electron chi connectivity index (χ1n) is 5.39. The van der Waals surface area contributed by atoms with Crippen molar-refractivity contribution in [1.29, 1.82) is 0 Å². The fraction of sp³-hybridized carbons (Fsp3) is 0.333. The zero-order valence-corrected chi connectivity index (χ0v) is 9.73. The van der Waals surface area contributed by atoms with E-state index < -0.39 is 5.97 Å². The third kappa shape index (κ3) is 4.55. The zero-order valence-electron chi connectivity index (χ0n) is 9.73. The largest absolute Gasteiger partial charge is 0.466 e. The first-order valence-corrected chi connectivity index (χ1v) is 5.39. The molecule has 0 radical (unpaired) electrons. The van der Waals surface area contributed by atoms with Crippen LogP contribution < -0.4 is 11.1 Å². The molecule has 1 aromatic carbocycles. The second-order valence-corrected chi connectivity index (χ2v) is 3.46. The minimum atomic E-state index is -0.522. The molecule has 1 amide bonds. The number of hydrogen-bond acceptors (Lipinski definition) is 4. The number of nitrogens with two attached hydrogens (primary N) is 1. The Labute approximate surface area is 99.9 Å². The Balaban J connectivity index is 2.38. The van der Waals surface area contributed by atoms with E-state index in [2.05, 4.69) is 10.1 Å². The van der Waals surface area contributed by atoms with Crippen molar-refractivity contribution in [3.8, 4) is 0 Å². The van der Waals surface area contributed by atoms with Gasteiger partial charge in [-0.3, -0.25) is 9.59 Å². The van der Waals surface area contributed by atoms with Crippen molar-refractivity contribution in [3.05, 3.63) is 29.8 Å². The van der Waals surface area contributed by atoms with E-state index in [0.717, 1.165) is 5.56 Å². The third-order valence-corrected chi connectivity index (χ3v) is 2.14. The van der Waals surface area contributed by atoms with Gasteiger partial charge in [-0.15, -0.1) is 0 Å². The van der Waals surface area contributed by atoms with Crippen LogP contribution >= 0.6 is 0 Å². The lowest BCUT2D eigenvalue weighted by Crippen LogP contribution is -2.26.